The van der Waals surface area contributed by atoms with Crippen molar-refractivity contribution in [1.29, 1.82) is 0 Å². The molecule has 22 heteroatoms. The standard InChI is InChI=1S/C53H68F4N10O7S/c1-10-42(68)65-17-15-52(54,28-65)50(72)63(8)44(31(2)3)46(69)60-40-23-34-27-75-47(59-34)33-13-14-41-36(22-33)38(25-51(5,6)30-74-49(71)39-12-11-16-67(61-39)48(40)70)45(66(41)29-53(55,56)57)37-24-35(26-58-43(37)32(4)73-9)64-20-18-62(7)19-21-64/h10,13-14,22,24,26-27,31-32,39-40,44,61H,1,11-12,15-21,23,25,28-30H2,2-9H3,(H,60,69)/t32-,39-,40-,44?,52+/m0/s1. The lowest BCUT2D eigenvalue weighted by Crippen LogP contribution is -2.62. The summed E-state index contributed by atoms with van der Waals surface area (Å²) in [5.74, 6) is -4.05. The Kier molecular flexibility index (Phi) is 16.2. The Hall–Kier alpha value is -5.97. The van der Waals surface area contributed by atoms with Gasteiger partial charge in [-0.3, -0.25) is 34.0 Å². The number of ether oxygens (including phenoxy) is 2. The Morgan fingerprint density at radius 2 is 1.83 bits per heavy atom. The molecule has 1 unspecified atom stereocenters. The molecule has 406 valence electrons. The van der Waals surface area contributed by atoms with Crippen LogP contribution in [0.2, 0.25) is 0 Å². The number of pyridine rings is 1. The monoisotopic (exact) mass is 1060 g/mol. The first kappa shape index (κ1) is 55.3. The third kappa shape index (κ3) is 11.9. The number of carbonyl (C=O) groups is 5. The van der Waals surface area contributed by atoms with Gasteiger partial charge in [0.15, 0.2) is 0 Å². The van der Waals surface area contributed by atoms with Crippen molar-refractivity contribution in [3.05, 3.63) is 65.4 Å². The van der Waals surface area contributed by atoms with Crippen LogP contribution in [0.3, 0.4) is 0 Å². The molecule has 4 aliphatic heterocycles. The number of piperazine rings is 1. The summed E-state index contributed by atoms with van der Waals surface area (Å²) in [4.78, 5) is 85.9. The van der Waals surface area contributed by atoms with Crippen LogP contribution in [0.1, 0.15) is 76.9 Å². The van der Waals surface area contributed by atoms with Crippen molar-refractivity contribution < 1.29 is 51.0 Å². The van der Waals surface area contributed by atoms with Gasteiger partial charge in [0.2, 0.25) is 17.5 Å². The molecule has 0 radical (unpaired) electrons. The molecule has 3 fully saturated rings. The smallest absolute Gasteiger partial charge is 0.406 e. The molecule has 0 saturated carbocycles. The normalized spacial score (nSPS) is 22.7. The number of carbonyl (C=O) groups excluding carboxylic acids is 5. The topological polar surface area (TPSA) is 175 Å². The highest BCUT2D eigenvalue weighted by Crippen LogP contribution is 2.44. The van der Waals surface area contributed by atoms with Gasteiger partial charge in [0.05, 0.1) is 48.2 Å². The zero-order chi connectivity index (χ0) is 54.3. The quantitative estimate of drug-likeness (QED) is 0.101. The molecule has 3 saturated heterocycles. The molecule has 8 rings (SSSR count). The van der Waals surface area contributed by atoms with Gasteiger partial charge in [-0.05, 0) is 75.1 Å². The number of hydrogen-bond acceptors (Lipinski definition) is 13. The van der Waals surface area contributed by atoms with Gasteiger partial charge in [0.1, 0.15) is 29.7 Å². The number of esters is 1. The van der Waals surface area contributed by atoms with Gasteiger partial charge in [0.25, 0.3) is 11.8 Å². The lowest BCUT2D eigenvalue weighted by molar-refractivity contribution is -0.155. The van der Waals surface area contributed by atoms with Crippen molar-refractivity contribution in [2.45, 2.75) is 109 Å². The minimum atomic E-state index is -4.64. The van der Waals surface area contributed by atoms with Crippen LogP contribution in [0.4, 0.5) is 23.2 Å². The fraction of sp³-hybridized carbons (Fsp3) is 0.566. The molecule has 1 aromatic carbocycles. The number of benzene rings is 1. The highest BCUT2D eigenvalue weighted by Gasteiger charge is 2.50. The van der Waals surface area contributed by atoms with Crippen molar-refractivity contribution in [2.24, 2.45) is 11.3 Å². The second-order valence-corrected chi connectivity index (χ2v) is 22.4. The average molecular weight is 1070 g/mol. The van der Waals surface area contributed by atoms with E-state index in [0.29, 0.717) is 75.6 Å². The molecule has 4 aliphatic rings. The predicted octanol–water partition coefficient (Wildman–Crippen LogP) is 6.11. The Labute approximate surface area is 438 Å². The number of nitrogens with zero attached hydrogens (tertiary/aromatic N) is 8. The number of likely N-dealkylation sites (tertiary alicyclic amines) is 1. The number of alkyl halides is 4. The largest absolute Gasteiger partial charge is 0.464 e. The van der Waals surface area contributed by atoms with E-state index in [1.807, 2.05) is 33.0 Å². The van der Waals surface area contributed by atoms with E-state index in [0.717, 1.165) is 29.8 Å². The maximum atomic E-state index is 16.4. The first-order chi connectivity index (χ1) is 35.4. The third-order valence-corrected chi connectivity index (χ3v) is 15.8. The van der Waals surface area contributed by atoms with E-state index in [-0.39, 0.29) is 39.0 Å². The van der Waals surface area contributed by atoms with Crippen molar-refractivity contribution in [2.75, 3.05) is 78.5 Å². The molecule has 17 nitrogen and oxygen atoms in total. The predicted molar refractivity (Wildman–Crippen MR) is 276 cm³/mol. The summed E-state index contributed by atoms with van der Waals surface area (Å²) in [6.45, 7) is 13.6. The first-order valence-corrected chi connectivity index (χ1v) is 26.3. The van der Waals surface area contributed by atoms with E-state index in [1.165, 1.54) is 40.0 Å². The molecule has 6 bridgehead atoms. The second kappa shape index (κ2) is 21.9. The average Bonchev–Trinajstić information content (AvgIpc) is 4.10. The number of methoxy groups -OCH3 is 1. The number of halogens is 4. The number of rotatable bonds is 11. The Morgan fingerprint density at radius 3 is 2.51 bits per heavy atom. The number of anilines is 1. The number of hydrazine groups is 1. The molecule has 4 aromatic rings. The van der Waals surface area contributed by atoms with Crippen LogP contribution in [-0.2, 0) is 52.8 Å². The minimum absolute atomic E-state index is 0.0136. The van der Waals surface area contributed by atoms with Crippen LogP contribution in [0, 0.1) is 11.3 Å². The van der Waals surface area contributed by atoms with Crippen LogP contribution in [0.5, 0.6) is 0 Å². The molecule has 2 N–H and O–H groups in total. The summed E-state index contributed by atoms with van der Waals surface area (Å²) in [5, 5.41) is 6.89. The Balaban J connectivity index is 1.22. The summed E-state index contributed by atoms with van der Waals surface area (Å²) in [6.07, 6.45) is -1.99. The van der Waals surface area contributed by atoms with Gasteiger partial charge in [-0.25, -0.2) is 14.8 Å². The summed E-state index contributed by atoms with van der Waals surface area (Å²) < 4.78 is 74.6. The molecule has 0 spiro atoms. The summed E-state index contributed by atoms with van der Waals surface area (Å²) in [5.41, 5.74) is 3.62. The van der Waals surface area contributed by atoms with E-state index in [4.69, 9.17) is 19.4 Å². The number of nitrogens with one attached hydrogen (secondary N) is 2. The molecule has 0 aliphatic carbocycles. The zero-order valence-corrected chi connectivity index (χ0v) is 44.7. The van der Waals surface area contributed by atoms with Gasteiger partial charge in [0, 0.05) is 99.1 Å². The number of amides is 4. The molecule has 4 amide bonds. The van der Waals surface area contributed by atoms with Crippen LogP contribution in [0.15, 0.2) is 48.5 Å². The van der Waals surface area contributed by atoms with Crippen molar-refractivity contribution in [1.82, 2.24) is 45.0 Å². The van der Waals surface area contributed by atoms with E-state index < -0.39 is 90.1 Å². The van der Waals surface area contributed by atoms with Crippen LogP contribution < -0.4 is 15.6 Å². The molecular weight excluding hydrogens is 997 g/mol. The highest BCUT2D eigenvalue weighted by atomic mass is 32.1. The second-order valence-electron chi connectivity index (χ2n) is 21.5. The van der Waals surface area contributed by atoms with Crippen LogP contribution >= 0.6 is 11.3 Å². The van der Waals surface area contributed by atoms with Gasteiger partial charge >= 0.3 is 12.1 Å². The van der Waals surface area contributed by atoms with E-state index in [9.17, 15) is 24.0 Å². The van der Waals surface area contributed by atoms with Gasteiger partial charge < -0.3 is 39.0 Å². The van der Waals surface area contributed by atoms with Crippen molar-refractivity contribution >= 4 is 57.5 Å². The number of likely N-dealkylation sites (N-methyl/N-ethyl adjacent to an activating group) is 2. The SMILES string of the molecule is C=CC(=O)N1CC[C@](F)(C(=O)N(C)C(C(=O)N[C@H]2Cc3csc(n3)-c3ccc4c(c3)c(c(-c3cc(N5CCN(C)CC5)cnc3[C@H](C)OC)n4CC(F)(F)F)CC(C)(C)COC(=O)[C@@H]3CCCN(N3)C2=O)C(C)C)C1. The Morgan fingerprint density at radius 1 is 1.09 bits per heavy atom. The first-order valence-electron chi connectivity index (χ1n) is 25.5. The third-order valence-electron chi connectivity index (χ3n) is 14.8. The summed E-state index contributed by atoms with van der Waals surface area (Å²) >= 11 is 1.26. The number of aromatic nitrogens is 3. The number of hydrogen-bond donors (Lipinski definition) is 2. The molecule has 3 aromatic heterocycles. The fourth-order valence-corrected chi connectivity index (χ4v) is 11.6. The molecule has 75 heavy (non-hydrogen) atoms. The lowest BCUT2D eigenvalue weighted by Gasteiger charge is -2.37. The molecule has 5 atom stereocenters. The lowest BCUT2D eigenvalue weighted by atomic mass is 9.84. The maximum absolute atomic E-state index is 16.4. The number of fused-ring (bicyclic) bond motifs is 6. The van der Waals surface area contributed by atoms with Crippen LogP contribution in [0.25, 0.3) is 32.7 Å². The zero-order valence-electron chi connectivity index (χ0n) is 43.9. The van der Waals surface area contributed by atoms with E-state index >= 15 is 17.6 Å². The molecule has 7 heterocycles. The Bertz CT molecular complexity index is 2830. The highest BCUT2D eigenvalue weighted by molar-refractivity contribution is 7.13. The van der Waals surface area contributed by atoms with Gasteiger partial charge in [-0.1, -0.05) is 34.3 Å². The van der Waals surface area contributed by atoms with E-state index in [2.05, 4.69) is 27.1 Å². The number of cyclic esters (lactones) is 1. The maximum Gasteiger partial charge on any atom is 0.406 e. The molecular formula is C53H68F4N10O7S. The van der Waals surface area contributed by atoms with Gasteiger partial charge in [-0.15, -0.1) is 11.3 Å². The van der Waals surface area contributed by atoms with Gasteiger partial charge in [-0.2, -0.15) is 13.2 Å². The van der Waals surface area contributed by atoms with Crippen LogP contribution in [-0.4, -0.2) is 167 Å². The number of thiazole rings is 1. The van der Waals surface area contributed by atoms with Crippen molar-refractivity contribution in [3.63, 3.8) is 0 Å². The summed E-state index contributed by atoms with van der Waals surface area (Å²) in [6, 6.07) is 3.57. The van der Waals surface area contributed by atoms with Crippen molar-refractivity contribution in [3.8, 4) is 21.8 Å². The van der Waals surface area contributed by atoms with E-state index in [1.54, 1.807) is 44.5 Å². The summed E-state index contributed by atoms with van der Waals surface area (Å²) in [7, 11) is 4.89. The minimum Gasteiger partial charge on any atom is -0.464 e. The fourth-order valence-electron chi connectivity index (χ4n) is 10.7.